The highest BCUT2D eigenvalue weighted by Crippen LogP contribution is 2.53. The molecule has 0 aliphatic carbocycles. The fourth-order valence-electron chi connectivity index (χ4n) is 2.23. The lowest BCUT2D eigenvalue weighted by Gasteiger charge is -2.34. The Morgan fingerprint density at radius 2 is 1.48 bits per heavy atom. The first-order valence-electron chi connectivity index (χ1n) is 6.71. The molecule has 0 bridgehead atoms. The smallest absolute Gasteiger partial charge is 0.413 e. The van der Waals surface area contributed by atoms with Crippen LogP contribution in [-0.2, 0) is 4.79 Å². The van der Waals surface area contributed by atoms with Crippen molar-refractivity contribution in [3.05, 3.63) is 28.8 Å². The Bertz CT molecular complexity index is 587. The molecule has 23 heavy (non-hydrogen) atoms. The van der Waals surface area contributed by atoms with Gasteiger partial charge < -0.3 is 4.74 Å². The molecule has 0 aromatic heterocycles. The van der Waals surface area contributed by atoms with E-state index in [0.29, 0.717) is 23.6 Å². The molecule has 0 unspecified atom stereocenters. The van der Waals surface area contributed by atoms with Crippen LogP contribution in [0, 0.1) is 26.2 Å². The van der Waals surface area contributed by atoms with Gasteiger partial charge in [-0.15, -0.1) is 0 Å². The van der Waals surface area contributed by atoms with Crippen LogP contribution in [0.1, 0.15) is 30.0 Å². The normalized spacial score (nSPS) is 13.1. The number of alkyl halides is 6. The fourth-order valence-corrected chi connectivity index (χ4v) is 2.23. The average molecular weight is 342 g/mol. The molecular formula is C15H16F6O2. The van der Waals surface area contributed by atoms with Crippen LogP contribution < -0.4 is 4.74 Å². The first kappa shape index (κ1) is 19.3. The van der Waals surface area contributed by atoms with Crippen LogP contribution >= 0.6 is 0 Å². The lowest BCUT2D eigenvalue weighted by atomic mass is 9.83. The molecule has 0 radical (unpaired) electrons. The third kappa shape index (κ3) is 3.30. The molecule has 0 spiro atoms. The maximum Gasteiger partial charge on any atom is 0.413 e. The molecule has 1 aromatic carbocycles. The van der Waals surface area contributed by atoms with Crippen LogP contribution in [0.3, 0.4) is 0 Å². The molecule has 0 aliphatic rings. The van der Waals surface area contributed by atoms with Crippen LogP contribution in [-0.4, -0.2) is 18.3 Å². The van der Waals surface area contributed by atoms with E-state index in [-0.39, 0.29) is 5.75 Å². The third-order valence-electron chi connectivity index (χ3n) is 3.81. The zero-order valence-corrected chi connectivity index (χ0v) is 12.9. The highest BCUT2D eigenvalue weighted by molar-refractivity contribution is 5.81. The summed E-state index contributed by atoms with van der Waals surface area (Å²) in [4.78, 5) is 11.9. The Morgan fingerprint density at radius 1 is 1.00 bits per heavy atom. The van der Waals surface area contributed by atoms with Crippen LogP contribution in [0.4, 0.5) is 26.3 Å². The summed E-state index contributed by atoms with van der Waals surface area (Å²) in [5.74, 6) is -2.67. The Labute approximate surface area is 129 Å². The van der Waals surface area contributed by atoms with Gasteiger partial charge in [-0.3, -0.25) is 4.79 Å². The van der Waals surface area contributed by atoms with Crippen molar-refractivity contribution in [2.45, 2.75) is 46.5 Å². The predicted octanol–water partition coefficient (Wildman–Crippen LogP) is 5.04. The average Bonchev–Trinajstić information content (AvgIpc) is 2.33. The van der Waals surface area contributed by atoms with Crippen LogP contribution in [0.15, 0.2) is 12.1 Å². The molecule has 0 atom stereocenters. The topological polar surface area (TPSA) is 26.3 Å². The Hall–Kier alpha value is -1.73. The van der Waals surface area contributed by atoms with Crippen molar-refractivity contribution < 1.29 is 35.9 Å². The second kappa shape index (κ2) is 6.05. The van der Waals surface area contributed by atoms with Crippen molar-refractivity contribution in [3.63, 3.8) is 0 Å². The maximum atomic E-state index is 13.1. The van der Waals surface area contributed by atoms with Crippen molar-refractivity contribution >= 4 is 5.97 Å². The van der Waals surface area contributed by atoms with Crippen molar-refractivity contribution in [1.29, 1.82) is 0 Å². The van der Waals surface area contributed by atoms with Gasteiger partial charge in [0.2, 0.25) is 0 Å². The lowest BCUT2D eigenvalue weighted by Crippen LogP contribution is -2.56. The van der Waals surface area contributed by atoms with E-state index in [9.17, 15) is 31.1 Å². The van der Waals surface area contributed by atoms with E-state index in [4.69, 9.17) is 0 Å². The molecule has 130 valence electrons. The third-order valence-corrected chi connectivity index (χ3v) is 3.81. The maximum absolute atomic E-state index is 13.1. The molecule has 0 N–H and O–H groups in total. The molecule has 0 fully saturated rings. The summed E-state index contributed by atoms with van der Waals surface area (Å²) in [5.41, 5.74) is -3.10. The van der Waals surface area contributed by atoms with Gasteiger partial charge in [-0.1, -0.05) is 13.0 Å². The molecule has 2 nitrogen and oxygen atoms in total. The number of rotatable bonds is 3. The first-order chi connectivity index (χ1) is 10.3. The Morgan fingerprint density at radius 3 is 1.87 bits per heavy atom. The van der Waals surface area contributed by atoms with Gasteiger partial charge >= 0.3 is 18.3 Å². The number of ether oxygens (including phenoxy) is 1. The monoisotopic (exact) mass is 342 g/mol. The molecule has 0 amide bonds. The molecule has 1 aromatic rings. The van der Waals surface area contributed by atoms with Crippen molar-refractivity contribution in [1.82, 2.24) is 0 Å². The van der Waals surface area contributed by atoms with E-state index >= 15 is 0 Å². The van der Waals surface area contributed by atoms with Gasteiger partial charge in [0.25, 0.3) is 5.41 Å². The van der Waals surface area contributed by atoms with Gasteiger partial charge in [-0.05, 0) is 49.9 Å². The minimum atomic E-state index is -5.82. The standard InChI is InChI=1S/C15H16F6O2/c1-5-13(14(16,17)18,15(19,20)21)12(22)23-11-7-8(2)6-9(3)10(11)4/h6-7H,5H2,1-4H3. The van der Waals surface area contributed by atoms with E-state index < -0.39 is 30.2 Å². The zero-order chi connectivity index (χ0) is 18.2. The SMILES string of the molecule is CCC(C(=O)Oc1cc(C)cc(C)c1C)(C(F)(F)F)C(F)(F)F. The molecule has 0 saturated heterocycles. The number of hydrogen-bond donors (Lipinski definition) is 0. The number of halogens is 6. The van der Waals surface area contributed by atoms with Crippen molar-refractivity contribution in [3.8, 4) is 5.75 Å². The summed E-state index contributed by atoms with van der Waals surface area (Å²) in [6.45, 7) is 5.30. The summed E-state index contributed by atoms with van der Waals surface area (Å²) >= 11 is 0. The first-order valence-corrected chi connectivity index (χ1v) is 6.71. The summed E-state index contributed by atoms with van der Waals surface area (Å²) in [5, 5.41) is 0. The van der Waals surface area contributed by atoms with Gasteiger partial charge in [0.05, 0.1) is 0 Å². The number of carbonyl (C=O) groups is 1. The predicted molar refractivity (Wildman–Crippen MR) is 71.1 cm³/mol. The van der Waals surface area contributed by atoms with Gasteiger partial charge in [0.15, 0.2) is 0 Å². The van der Waals surface area contributed by atoms with Gasteiger partial charge in [0.1, 0.15) is 5.75 Å². The second-order valence-electron chi connectivity index (χ2n) is 5.35. The molecule has 0 heterocycles. The molecular weight excluding hydrogens is 326 g/mol. The number of esters is 1. The number of hydrogen-bond acceptors (Lipinski definition) is 2. The Balaban J connectivity index is 3.40. The van der Waals surface area contributed by atoms with E-state index in [1.165, 1.54) is 13.0 Å². The van der Waals surface area contributed by atoms with Crippen LogP contribution in [0.25, 0.3) is 0 Å². The highest BCUT2D eigenvalue weighted by Gasteiger charge is 2.75. The summed E-state index contributed by atoms with van der Waals surface area (Å²) in [7, 11) is 0. The molecule has 8 heteroatoms. The van der Waals surface area contributed by atoms with E-state index in [2.05, 4.69) is 4.74 Å². The quantitative estimate of drug-likeness (QED) is 0.437. The summed E-state index contributed by atoms with van der Waals surface area (Å²) in [6.07, 6.45) is -13.1. The zero-order valence-electron chi connectivity index (χ0n) is 12.9. The van der Waals surface area contributed by atoms with E-state index in [1.54, 1.807) is 19.9 Å². The highest BCUT2D eigenvalue weighted by atomic mass is 19.4. The van der Waals surface area contributed by atoms with E-state index in [0.717, 1.165) is 0 Å². The molecule has 0 saturated carbocycles. The minimum absolute atomic E-state index is 0.304. The van der Waals surface area contributed by atoms with Crippen molar-refractivity contribution in [2.75, 3.05) is 0 Å². The van der Waals surface area contributed by atoms with Crippen molar-refractivity contribution in [2.24, 2.45) is 5.41 Å². The number of carbonyl (C=O) groups excluding carboxylic acids is 1. The Kier molecular flexibility index (Phi) is 5.08. The second-order valence-corrected chi connectivity index (χ2v) is 5.35. The van der Waals surface area contributed by atoms with E-state index in [1.807, 2.05) is 0 Å². The summed E-state index contributed by atoms with van der Waals surface area (Å²) in [6, 6.07) is 2.90. The lowest BCUT2D eigenvalue weighted by molar-refractivity contribution is -0.330. The number of aryl methyl sites for hydroxylation is 2. The molecule has 0 aliphatic heterocycles. The summed E-state index contributed by atoms with van der Waals surface area (Å²) < 4.78 is 82.9. The van der Waals surface area contributed by atoms with Crippen LogP contribution in [0.5, 0.6) is 5.75 Å². The van der Waals surface area contributed by atoms with Crippen LogP contribution in [0.2, 0.25) is 0 Å². The number of benzene rings is 1. The fraction of sp³-hybridized carbons (Fsp3) is 0.533. The van der Waals surface area contributed by atoms with Gasteiger partial charge in [-0.25, -0.2) is 0 Å². The van der Waals surface area contributed by atoms with Gasteiger partial charge in [0, 0.05) is 0 Å². The largest absolute Gasteiger partial charge is 0.425 e. The molecule has 1 rings (SSSR count). The minimum Gasteiger partial charge on any atom is -0.425 e. The van der Waals surface area contributed by atoms with Gasteiger partial charge in [-0.2, -0.15) is 26.3 Å².